The lowest BCUT2D eigenvalue weighted by molar-refractivity contribution is 0.160. The van der Waals surface area contributed by atoms with Gasteiger partial charge in [-0.15, -0.1) is 0 Å². The van der Waals surface area contributed by atoms with Crippen LogP contribution < -0.4 is 4.74 Å². The van der Waals surface area contributed by atoms with Crippen molar-refractivity contribution in [1.82, 2.24) is 9.88 Å². The first kappa shape index (κ1) is 14.7. The SMILES string of the molecule is COc1ccc(Cl)c2[nH]cc(CCN3CCCC3CO)c12. The highest BCUT2D eigenvalue weighted by Crippen LogP contribution is 2.34. The zero-order valence-electron chi connectivity index (χ0n) is 12.2. The molecule has 1 aliphatic rings. The molecule has 0 saturated carbocycles. The van der Waals surface area contributed by atoms with Crippen molar-refractivity contribution in [3.63, 3.8) is 0 Å². The smallest absolute Gasteiger partial charge is 0.128 e. The first-order valence-corrected chi connectivity index (χ1v) is 7.79. The van der Waals surface area contributed by atoms with Crippen LogP contribution in [0.25, 0.3) is 10.9 Å². The normalized spacial score (nSPS) is 19.5. The van der Waals surface area contributed by atoms with E-state index in [1.165, 1.54) is 12.0 Å². The molecular formula is C16H21ClN2O2. The third-order valence-electron chi connectivity index (χ3n) is 4.43. The summed E-state index contributed by atoms with van der Waals surface area (Å²) in [4.78, 5) is 5.62. The summed E-state index contributed by atoms with van der Waals surface area (Å²) in [5.74, 6) is 0.853. The third-order valence-corrected chi connectivity index (χ3v) is 4.74. The van der Waals surface area contributed by atoms with E-state index < -0.39 is 0 Å². The van der Waals surface area contributed by atoms with Crippen LogP contribution in [0.4, 0.5) is 0 Å². The highest BCUT2D eigenvalue weighted by Gasteiger charge is 2.23. The lowest BCUT2D eigenvalue weighted by Gasteiger charge is -2.22. The number of ether oxygens (including phenoxy) is 1. The molecule has 5 heteroatoms. The lowest BCUT2D eigenvalue weighted by atomic mass is 10.1. The number of nitrogens with one attached hydrogen (secondary N) is 1. The van der Waals surface area contributed by atoms with E-state index in [0.29, 0.717) is 11.1 Å². The molecule has 1 unspecified atom stereocenters. The molecule has 0 amide bonds. The standard InChI is InChI=1S/C16H21ClN2O2/c1-21-14-5-4-13(17)16-15(14)11(9-18-16)6-8-19-7-2-3-12(19)10-20/h4-5,9,12,18,20H,2-3,6-8,10H2,1H3. The number of aliphatic hydroxyl groups is 1. The number of aliphatic hydroxyl groups excluding tert-OH is 1. The van der Waals surface area contributed by atoms with Crippen LogP contribution in [0.3, 0.4) is 0 Å². The van der Waals surface area contributed by atoms with Crippen LogP contribution in [0.2, 0.25) is 5.02 Å². The van der Waals surface area contributed by atoms with Crippen LogP contribution in [0, 0.1) is 0 Å². The summed E-state index contributed by atoms with van der Waals surface area (Å²) in [7, 11) is 1.68. The molecule has 3 rings (SSSR count). The van der Waals surface area contributed by atoms with Crippen LogP contribution in [-0.2, 0) is 6.42 Å². The highest BCUT2D eigenvalue weighted by molar-refractivity contribution is 6.35. The Hall–Kier alpha value is -1.23. The summed E-state index contributed by atoms with van der Waals surface area (Å²) in [5.41, 5.74) is 2.15. The second-order valence-electron chi connectivity index (χ2n) is 5.58. The van der Waals surface area contributed by atoms with E-state index in [1.807, 2.05) is 18.3 Å². The fourth-order valence-electron chi connectivity index (χ4n) is 3.28. The average molecular weight is 309 g/mol. The van der Waals surface area contributed by atoms with Crippen molar-refractivity contribution in [3.8, 4) is 5.75 Å². The molecule has 1 aromatic heterocycles. The minimum Gasteiger partial charge on any atom is -0.496 e. The number of H-pyrrole nitrogens is 1. The van der Waals surface area contributed by atoms with Gasteiger partial charge in [0.15, 0.2) is 0 Å². The van der Waals surface area contributed by atoms with Gasteiger partial charge in [-0.05, 0) is 43.5 Å². The van der Waals surface area contributed by atoms with Crippen LogP contribution in [0.5, 0.6) is 5.75 Å². The molecule has 1 saturated heterocycles. The molecule has 0 radical (unpaired) electrons. The van der Waals surface area contributed by atoms with Gasteiger partial charge in [0.1, 0.15) is 5.75 Å². The Labute approximate surface area is 129 Å². The summed E-state index contributed by atoms with van der Waals surface area (Å²) in [6, 6.07) is 4.08. The molecule has 114 valence electrons. The molecule has 2 aromatic rings. The number of nitrogens with zero attached hydrogens (tertiary/aromatic N) is 1. The topological polar surface area (TPSA) is 48.5 Å². The van der Waals surface area contributed by atoms with Crippen molar-refractivity contribution in [2.75, 3.05) is 26.8 Å². The first-order chi connectivity index (χ1) is 10.2. The summed E-state index contributed by atoms with van der Waals surface area (Å²) in [6.07, 6.45) is 5.21. The Morgan fingerprint density at radius 1 is 1.48 bits per heavy atom. The number of hydrogen-bond donors (Lipinski definition) is 2. The number of hydrogen-bond acceptors (Lipinski definition) is 3. The maximum Gasteiger partial charge on any atom is 0.128 e. The van der Waals surface area contributed by atoms with Crippen molar-refractivity contribution in [2.45, 2.75) is 25.3 Å². The monoisotopic (exact) mass is 308 g/mol. The zero-order valence-corrected chi connectivity index (χ0v) is 13.0. The van der Waals surface area contributed by atoms with E-state index in [2.05, 4.69) is 9.88 Å². The fraction of sp³-hybridized carbons (Fsp3) is 0.500. The van der Waals surface area contributed by atoms with Crippen molar-refractivity contribution in [3.05, 3.63) is 28.9 Å². The average Bonchev–Trinajstić information content (AvgIpc) is 3.12. The minimum atomic E-state index is 0.253. The predicted octanol–water partition coefficient (Wildman–Crippen LogP) is 2.83. The lowest BCUT2D eigenvalue weighted by Crippen LogP contribution is -2.33. The Balaban J connectivity index is 1.82. The number of aromatic amines is 1. The van der Waals surface area contributed by atoms with Crippen molar-refractivity contribution in [2.24, 2.45) is 0 Å². The molecule has 0 bridgehead atoms. The molecule has 0 spiro atoms. The van der Waals surface area contributed by atoms with Crippen LogP contribution in [0.1, 0.15) is 18.4 Å². The van der Waals surface area contributed by atoms with Gasteiger partial charge < -0.3 is 14.8 Å². The van der Waals surface area contributed by atoms with Gasteiger partial charge in [-0.1, -0.05) is 11.6 Å². The Morgan fingerprint density at radius 2 is 2.33 bits per heavy atom. The molecule has 21 heavy (non-hydrogen) atoms. The van der Waals surface area contributed by atoms with E-state index >= 15 is 0 Å². The number of fused-ring (bicyclic) bond motifs is 1. The van der Waals surface area contributed by atoms with Gasteiger partial charge in [-0.2, -0.15) is 0 Å². The molecule has 1 fully saturated rings. The van der Waals surface area contributed by atoms with Gasteiger partial charge in [0.2, 0.25) is 0 Å². The van der Waals surface area contributed by atoms with Crippen LogP contribution >= 0.6 is 11.6 Å². The molecule has 2 heterocycles. The maximum absolute atomic E-state index is 9.40. The number of methoxy groups -OCH3 is 1. The Bertz CT molecular complexity index is 626. The first-order valence-electron chi connectivity index (χ1n) is 7.42. The Kier molecular flexibility index (Phi) is 4.38. The largest absolute Gasteiger partial charge is 0.496 e. The third kappa shape index (κ3) is 2.76. The predicted molar refractivity (Wildman–Crippen MR) is 85.2 cm³/mol. The van der Waals surface area contributed by atoms with E-state index in [9.17, 15) is 5.11 Å². The zero-order chi connectivity index (χ0) is 14.8. The second-order valence-corrected chi connectivity index (χ2v) is 5.99. The molecular weight excluding hydrogens is 288 g/mol. The number of aromatic nitrogens is 1. The van der Waals surface area contributed by atoms with E-state index in [4.69, 9.17) is 16.3 Å². The number of rotatable bonds is 5. The van der Waals surface area contributed by atoms with Crippen molar-refractivity contribution >= 4 is 22.5 Å². The molecule has 0 aliphatic carbocycles. The van der Waals surface area contributed by atoms with Gasteiger partial charge in [0.25, 0.3) is 0 Å². The van der Waals surface area contributed by atoms with Crippen molar-refractivity contribution in [1.29, 1.82) is 0 Å². The fourth-order valence-corrected chi connectivity index (χ4v) is 3.49. The van der Waals surface area contributed by atoms with Crippen molar-refractivity contribution < 1.29 is 9.84 Å². The number of halogens is 1. The number of benzene rings is 1. The number of likely N-dealkylation sites (tertiary alicyclic amines) is 1. The van der Waals surface area contributed by atoms with Crippen LogP contribution in [0.15, 0.2) is 18.3 Å². The Morgan fingerprint density at radius 3 is 3.10 bits per heavy atom. The second kappa shape index (κ2) is 6.26. The summed E-state index contributed by atoms with van der Waals surface area (Å²) in [5, 5.41) is 11.2. The highest BCUT2D eigenvalue weighted by atomic mass is 35.5. The van der Waals surface area contributed by atoms with E-state index in [1.54, 1.807) is 7.11 Å². The quantitative estimate of drug-likeness (QED) is 0.893. The van der Waals surface area contributed by atoms with Gasteiger partial charge >= 0.3 is 0 Å². The van der Waals surface area contributed by atoms with E-state index in [0.717, 1.165) is 42.6 Å². The maximum atomic E-state index is 9.40. The molecule has 4 nitrogen and oxygen atoms in total. The van der Waals surface area contributed by atoms with E-state index in [-0.39, 0.29) is 6.61 Å². The summed E-state index contributed by atoms with van der Waals surface area (Å²) in [6.45, 7) is 2.28. The molecule has 2 N–H and O–H groups in total. The van der Waals surface area contributed by atoms with Gasteiger partial charge in [-0.25, -0.2) is 0 Å². The molecule has 1 aromatic carbocycles. The van der Waals surface area contributed by atoms with Gasteiger partial charge in [-0.3, -0.25) is 4.90 Å². The van der Waals surface area contributed by atoms with Crippen LogP contribution in [-0.4, -0.2) is 47.8 Å². The summed E-state index contributed by atoms with van der Waals surface area (Å²) >= 11 is 6.24. The molecule has 1 atom stereocenters. The summed E-state index contributed by atoms with van der Waals surface area (Å²) < 4.78 is 5.46. The van der Waals surface area contributed by atoms with Gasteiger partial charge in [0.05, 0.1) is 24.3 Å². The minimum absolute atomic E-state index is 0.253. The van der Waals surface area contributed by atoms with Gasteiger partial charge in [0, 0.05) is 24.2 Å². The molecule has 1 aliphatic heterocycles.